The van der Waals surface area contributed by atoms with Gasteiger partial charge in [-0.25, -0.2) is 19.2 Å². The molecule has 30 heavy (non-hydrogen) atoms. The lowest BCUT2D eigenvalue weighted by atomic mass is 10.1. The third-order valence-electron chi connectivity index (χ3n) is 3.77. The lowest BCUT2D eigenvalue weighted by molar-refractivity contribution is -0.138. The van der Waals surface area contributed by atoms with Crippen LogP contribution in [0.4, 0.5) is 8.78 Å². The van der Waals surface area contributed by atoms with Crippen molar-refractivity contribution in [2.45, 2.75) is 0 Å². The average Bonchev–Trinajstić information content (AvgIpc) is 3.26. The number of thiophene rings is 1. The maximum Gasteiger partial charge on any atom is 0.322 e. The number of carboxylic acids is 1. The first-order chi connectivity index (χ1) is 14.2. The molecule has 2 aromatic rings. The van der Waals surface area contributed by atoms with Gasteiger partial charge in [-0.15, -0.1) is 11.3 Å². The molecule has 0 bridgehead atoms. The summed E-state index contributed by atoms with van der Waals surface area (Å²) >= 11 is 7.49. The van der Waals surface area contributed by atoms with Crippen molar-refractivity contribution < 1.29 is 28.3 Å². The van der Waals surface area contributed by atoms with Gasteiger partial charge in [-0.3, -0.25) is 14.4 Å². The number of hydrazine groups is 1. The molecule has 2 heterocycles. The van der Waals surface area contributed by atoms with Crippen LogP contribution in [0.1, 0.15) is 4.88 Å². The quantitative estimate of drug-likeness (QED) is 0.424. The maximum absolute atomic E-state index is 13.4. The monoisotopic (exact) mass is 469 g/mol. The number of carboxylic acid groups (broad SMARTS) is 1. The molecule has 0 radical (unpaired) electrons. The molecule has 1 aliphatic heterocycles. The molecule has 3 N–H and O–H groups in total. The number of nitrogens with one attached hydrogen (secondary N) is 2. The molecule has 7 nitrogen and oxygen atoms in total. The number of amides is 2. The number of aliphatic carboxylic acids is 1. The van der Waals surface area contributed by atoms with E-state index in [4.69, 9.17) is 17.3 Å². The van der Waals surface area contributed by atoms with Gasteiger partial charge in [0.05, 0.1) is 11.4 Å². The van der Waals surface area contributed by atoms with Gasteiger partial charge in [-0.2, -0.15) is 0 Å². The van der Waals surface area contributed by atoms with E-state index in [2.05, 4.69) is 10.7 Å². The number of hydrogen-bond acceptors (Lipinski definition) is 7. The molecule has 0 atom stereocenters. The molecular formula is C18H13F2N3O4S3. The molecule has 12 heteroatoms. The van der Waals surface area contributed by atoms with Crippen LogP contribution in [0, 0.1) is 11.6 Å². The minimum atomic E-state index is -1.18. The fourth-order valence-corrected chi connectivity index (χ4v) is 4.51. The number of rotatable bonds is 7. The molecule has 2 amide bonds. The van der Waals surface area contributed by atoms with E-state index in [9.17, 15) is 23.2 Å². The van der Waals surface area contributed by atoms with E-state index in [1.807, 2.05) is 0 Å². The predicted molar refractivity (Wildman–Crippen MR) is 113 cm³/mol. The van der Waals surface area contributed by atoms with Gasteiger partial charge in [0.25, 0.3) is 5.91 Å². The van der Waals surface area contributed by atoms with Crippen molar-refractivity contribution in [1.29, 1.82) is 0 Å². The number of thiocarbonyl (C=S) groups is 1. The molecule has 1 aromatic carbocycles. The molecule has 3 rings (SSSR count). The Kier molecular flexibility index (Phi) is 6.92. The Morgan fingerprint density at radius 3 is 2.63 bits per heavy atom. The maximum atomic E-state index is 13.4. The highest BCUT2D eigenvalue weighted by Crippen LogP contribution is 2.34. The molecule has 1 saturated heterocycles. The topological polar surface area (TPSA) is 98.7 Å². The van der Waals surface area contributed by atoms with Crippen molar-refractivity contribution in [3.05, 3.63) is 51.1 Å². The Morgan fingerprint density at radius 1 is 1.17 bits per heavy atom. The fraction of sp³-hybridized carbons (Fsp3) is 0.111. The fourth-order valence-electron chi connectivity index (χ4n) is 2.38. The second-order valence-corrected chi connectivity index (χ2v) is 8.51. The predicted octanol–water partition coefficient (Wildman–Crippen LogP) is 2.60. The third kappa shape index (κ3) is 5.27. The zero-order chi connectivity index (χ0) is 21.8. The van der Waals surface area contributed by atoms with Crippen LogP contribution in [-0.2, 0) is 14.4 Å². The second-order valence-electron chi connectivity index (χ2n) is 5.89. The first kappa shape index (κ1) is 22.0. The second kappa shape index (κ2) is 9.43. The van der Waals surface area contributed by atoms with Gasteiger partial charge < -0.3 is 10.4 Å². The van der Waals surface area contributed by atoms with Crippen LogP contribution in [0.15, 0.2) is 34.6 Å². The zero-order valence-corrected chi connectivity index (χ0v) is 17.4. The summed E-state index contributed by atoms with van der Waals surface area (Å²) in [6.07, 6.45) is 1.61. The van der Waals surface area contributed by atoms with Crippen molar-refractivity contribution in [2.75, 3.05) is 13.1 Å². The van der Waals surface area contributed by atoms with Gasteiger partial charge in [0.15, 0.2) is 16.0 Å². The van der Waals surface area contributed by atoms with Gasteiger partial charge in [0.1, 0.15) is 6.54 Å². The van der Waals surface area contributed by atoms with Crippen LogP contribution in [0.5, 0.6) is 0 Å². The van der Waals surface area contributed by atoms with Gasteiger partial charge in [-0.1, -0.05) is 30.0 Å². The zero-order valence-electron chi connectivity index (χ0n) is 15.0. The summed E-state index contributed by atoms with van der Waals surface area (Å²) < 4.78 is 26.7. The molecule has 0 unspecified atom stereocenters. The minimum Gasteiger partial charge on any atom is -0.480 e. The normalized spacial score (nSPS) is 15.1. The standard InChI is InChI=1S/C18H13F2N3O4S3/c19-12-2-1-9(4-13(12)20)10-3-11(29-8-10)5-14-17(27)23(18(28)30-14)22-6-15(24)21-7-16(25)26/h1-5,8,22H,6-7H2,(H,21,24)(H,25,26). The van der Waals surface area contributed by atoms with E-state index < -0.39 is 36.0 Å². The summed E-state index contributed by atoms with van der Waals surface area (Å²) in [4.78, 5) is 35.6. The van der Waals surface area contributed by atoms with E-state index in [0.29, 0.717) is 20.9 Å². The van der Waals surface area contributed by atoms with E-state index in [0.717, 1.165) is 28.9 Å². The van der Waals surface area contributed by atoms with Crippen LogP contribution in [0.25, 0.3) is 17.2 Å². The van der Waals surface area contributed by atoms with Gasteiger partial charge in [0, 0.05) is 4.88 Å². The van der Waals surface area contributed by atoms with Crippen molar-refractivity contribution in [1.82, 2.24) is 15.8 Å². The van der Waals surface area contributed by atoms with E-state index in [-0.39, 0.29) is 10.9 Å². The minimum absolute atomic E-state index is 0.190. The molecule has 1 aromatic heterocycles. The Labute approximate surface area is 182 Å². The highest BCUT2D eigenvalue weighted by Gasteiger charge is 2.32. The first-order valence-corrected chi connectivity index (χ1v) is 10.4. The summed E-state index contributed by atoms with van der Waals surface area (Å²) in [5.74, 6) is -4.12. The number of carbonyl (C=O) groups excluding carboxylic acids is 2. The molecule has 1 aliphatic rings. The van der Waals surface area contributed by atoms with Crippen LogP contribution < -0.4 is 10.7 Å². The van der Waals surface area contributed by atoms with Crippen LogP contribution in [0.3, 0.4) is 0 Å². The Hall–Kier alpha value is -2.67. The van der Waals surface area contributed by atoms with Crippen LogP contribution in [0.2, 0.25) is 0 Å². The summed E-state index contributed by atoms with van der Waals surface area (Å²) in [7, 11) is 0. The largest absolute Gasteiger partial charge is 0.480 e. The number of hydrogen-bond donors (Lipinski definition) is 3. The Morgan fingerprint density at radius 2 is 1.93 bits per heavy atom. The van der Waals surface area contributed by atoms with Crippen LogP contribution >= 0.6 is 35.3 Å². The molecule has 156 valence electrons. The number of carbonyl (C=O) groups is 3. The molecule has 0 aliphatic carbocycles. The van der Waals surface area contributed by atoms with E-state index in [1.165, 1.54) is 17.4 Å². The molecule has 0 spiro atoms. The number of benzene rings is 1. The Balaban J connectivity index is 1.67. The van der Waals surface area contributed by atoms with Crippen molar-refractivity contribution in [2.24, 2.45) is 0 Å². The highest BCUT2D eigenvalue weighted by molar-refractivity contribution is 8.26. The van der Waals surface area contributed by atoms with Crippen molar-refractivity contribution in [3.8, 4) is 11.1 Å². The summed E-state index contributed by atoms with van der Waals surface area (Å²) in [5, 5.41) is 13.5. The SMILES string of the molecule is O=C(O)CNC(=O)CNN1C(=O)C(=Cc2cc(-c3ccc(F)c(F)c3)cs2)SC1=S. The Bertz CT molecular complexity index is 1070. The molecule has 0 saturated carbocycles. The van der Waals surface area contributed by atoms with E-state index >= 15 is 0 Å². The van der Waals surface area contributed by atoms with Crippen LogP contribution in [-0.4, -0.2) is 45.3 Å². The summed E-state index contributed by atoms with van der Waals surface area (Å²) in [6, 6.07) is 5.34. The third-order valence-corrected chi connectivity index (χ3v) is 5.96. The van der Waals surface area contributed by atoms with E-state index in [1.54, 1.807) is 17.5 Å². The first-order valence-electron chi connectivity index (χ1n) is 8.28. The average molecular weight is 470 g/mol. The lowest BCUT2D eigenvalue weighted by Gasteiger charge is -2.15. The number of nitrogens with zero attached hydrogens (tertiary/aromatic N) is 1. The van der Waals surface area contributed by atoms with Crippen molar-refractivity contribution >= 4 is 63.5 Å². The van der Waals surface area contributed by atoms with Gasteiger partial charge in [0.2, 0.25) is 5.91 Å². The smallest absolute Gasteiger partial charge is 0.322 e. The van der Waals surface area contributed by atoms with Crippen molar-refractivity contribution in [3.63, 3.8) is 0 Å². The number of thioether (sulfide) groups is 1. The molecular weight excluding hydrogens is 456 g/mol. The highest BCUT2D eigenvalue weighted by atomic mass is 32.2. The molecule has 1 fully saturated rings. The van der Waals surface area contributed by atoms with Gasteiger partial charge in [-0.05, 0) is 40.8 Å². The lowest BCUT2D eigenvalue weighted by Crippen LogP contribution is -2.47. The number of halogens is 2. The summed E-state index contributed by atoms with van der Waals surface area (Å²) in [5.41, 5.74) is 3.75. The summed E-state index contributed by atoms with van der Waals surface area (Å²) in [6.45, 7) is -0.857. The van der Waals surface area contributed by atoms with Gasteiger partial charge >= 0.3 is 5.97 Å².